The molecule has 2 aromatic carbocycles. The molecule has 4 nitrogen and oxygen atoms in total. The molecule has 0 aliphatic rings. The van der Waals surface area contributed by atoms with E-state index in [4.69, 9.17) is 9.47 Å². The smallest absolute Gasteiger partial charge is 0.135 e. The van der Waals surface area contributed by atoms with Gasteiger partial charge in [-0.05, 0) is 32.2 Å². The van der Waals surface area contributed by atoms with Crippen molar-refractivity contribution in [3.63, 3.8) is 0 Å². The van der Waals surface area contributed by atoms with Crippen LogP contribution in [0.15, 0.2) is 42.5 Å². The summed E-state index contributed by atoms with van der Waals surface area (Å²) in [6, 6.07) is 13.2. The lowest BCUT2D eigenvalue weighted by molar-refractivity contribution is 0.276. The molecule has 0 aliphatic carbocycles. The van der Waals surface area contributed by atoms with Gasteiger partial charge < -0.3 is 19.9 Å². The van der Waals surface area contributed by atoms with Gasteiger partial charge in [0, 0.05) is 11.6 Å². The van der Waals surface area contributed by atoms with Gasteiger partial charge in [0.25, 0.3) is 0 Å². The molecule has 0 bridgehead atoms. The zero-order valence-electron chi connectivity index (χ0n) is 12.6. The summed E-state index contributed by atoms with van der Waals surface area (Å²) in [6.45, 7) is 1.99. The van der Waals surface area contributed by atoms with Crippen LogP contribution < -0.4 is 14.8 Å². The van der Waals surface area contributed by atoms with Crippen molar-refractivity contribution >= 4 is 0 Å². The highest BCUT2D eigenvalue weighted by molar-refractivity contribution is 5.49. The number of aliphatic hydroxyl groups excluding tert-OH is 1. The largest absolute Gasteiger partial charge is 0.496 e. The Kier molecular flexibility index (Phi) is 5.20. The van der Waals surface area contributed by atoms with Gasteiger partial charge in [0.1, 0.15) is 17.2 Å². The lowest BCUT2D eigenvalue weighted by Gasteiger charge is -2.20. The third-order valence-electron chi connectivity index (χ3n) is 3.47. The summed E-state index contributed by atoms with van der Waals surface area (Å²) in [5, 5.41) is 12.6. The number of rotatable bonds is 6. The second kappa shape index (κ2) is 7.11. The molecular formula is C17H21NO3. The summed E-state index contributed by atoms with van der Waals surface area (Å²) >= 11 is 0. The van der Waals surface area contributed by atoms with E-state index in [2.05, 4.69) is 5.32 Å². The minimum Gasteiger partial charge on any atom is -0.496 e. The Bertz CT molecular complexity index is 598. The average Bonchev–Trinajstić information content (AvgIpc) is 2.54. The quantitative estimate of drug-likeness (QED) is 0.856. The van der Waals surface area contributed by atoms with Crippen molar-refractivity contribution in [3.8, 4) is 17.2 Å². The summed E-state index contributed by atoms with van der Waals surface area (Å²) in [5.74, 6) is 2.14. The van der Waals surface area contributed by atoms with Crippen LogP contribution in [0.2, 0.25) is 0 Å². The Balaban J connectivity index is 2.44. The standard InChI is InChI=1S/C17H21NO3/c1-12(18-2)17-15(20-3)9-6-10-16(17)21-14-8-5-4-7-13(14)11-19/h4-10,12,18-19H,11H2,1-3H3. The molecule has 21 heavy (non-hydrogen) atoms. The summed E-state index contributed by atoms with van der Waals surface area (Å²) in [7, 11) is 3.54. The number of aliphatic hydroxyl groups is 1. The predicted octanol–water partition coefficient (Wildman–Crippen LogP) is 3.26. The number of ether oxygens (including phenoxy) is 2. The molecule has 0 saturated carbocycles. The van der Waals surface area contributed by atoms with Gasteiger partial charge >= 0.3 is 0 Å². The number of para-hydroxylation sites is 1. The Morgan fingerprint density at radius 3 is 2.38 bits per heavy atom. The molecule has 0 amide bonds. The van der Waals surface area contributed by atoms with E-state index in [1.165, 1.54) is 0 Å². The van der Waals surface area contributed by atoms with Crippen molar-refractivity contribution in [2.75, 3.05) is 14.2 Å². The van der Waals surface area contributed by atoms with Crippen molar-refractivity contribution in [2.24, 2.45) is 0 Å². The van der Waals surface area contributed by atoms with Crippen LogP contribution in [-0.2, 0) is 6.61 Å². The van der Waals surface area contributed by atoms with Crippen molar-refractivity contribution in [1.82, 2.24) is 5.32 Å². The van der Waals surface area contributed by atoms with Crippen molar-refractivity contribution in [2.45, 2.75) is 19.6 Å². The van der Waals surface area contributed by atoms with E-state index in [1.54, 1.807) is 7.11 Å². The van der Waals surface area contributed by atoms with E-state index in [0.29, 0.717) is 5.75 Å². The van der Waals surface area contributed by atoms with Gasteiger partial charge in [-0.15, -0.1) is 0 Å². The van der Waals surface area contributed by atoms with Crippen LogP contribution in [0.4, 0.5) is 0 Å². The van der Waals surface area contributed by atoms with Gasteiger partial charge in [-0.1, -0.05) is 24.3 Å². The van der Waals surface area contributed by atoms with E-state index in [-0.39, 0.29) is 12.6 Å². The zero-order chi connectivity index (χ0) is 15.2. The molecule has 112 valence electrons. The van der Waals surface area contributed by atoms with E-state index >= 15 is 0 Å². The maximum absolute atomic E-state index is 9.40. The average molecular weight is 287 g/mol. The van der Waals surface area contributed by atoms with E-state index in [1.807, 2.05) is 56.4 Å². The molecule has 0 aliphatic heterocycles. The molecule has 0 heterocycles. The lowest BCUT2D eigenvalue weighted by atomic mass is 10.1. The van der Waals surface area contributed by atoms with Gasteiger partial charge in [-0.25, -0.2) is 0 Å². The summed E-state index contributed by atoms with van der Waals surface area (Å²) < 4.78 is 11.5. The van der Waals surface area contributed by atoms with Gasteiger partial charge in [0.15, 0.2) is 0 Å². The van der Waals surface area contributed by atoms with Gasteiger partial charge in [0.05, 0.1) is 19.3 Å². The van der Waals surface area contributed by atoms with Gasteiger partial charge in [0.2, 0.25) is 0 Å². The van der Waals surface area contributed by atoms with Crippen LogP contribution >= 0.6 is 0 Å². The number of benzene rings is 2. The first-order valence-corrected chi connectivity index (χ1v) is 6.92. The third kappa shape index (κ3) is 3.35. The minimum absolute atomic E-state index is 0.0585. The van der Waals surface area contributed by atoms with Crippen molar-refractivity contribution < 1.29 is 14.6 Å². The molecule has 0 aromatic heterocycles. The Labute approximate surface area is 125 Å². The molecule has 2 N–H and O–H groups in total. The summed E-state index contributed by atoms with van der Waals surface area (Å²) in [4.78, 5) is 0. The van der Waals surface area contributed by atoms with Crippen LogP contribution in [0, 0.1) is 0 Å². The van der Waals surface area contributed by atoms with Gasteiger partial charge in [-0.3, -0.25) is 0 Å². The molecule has 4 heteroatoms. The highest BCUT2D eigenvalue weighted by Crippen LogP contribution is 2.37. The number of hydrogen-bond acceptors (Lipinski definition) is 4. The molecule has 0 spiro atoms. The van der Waals surface area contributed by atoms with E-state index < -0.39 is 0 Å². The first-order valence-electron chi connectivity index (χ1n) is 6.92. The number of hydrogen-bond donors (Lipinski definition) is 2. The van der Waals surface area contributed by atoms with Crippen LogP contribution in [0.5, 0.6) is 17.2 Å². The molecule has 0 fully saturated rings. The normalized spacial score (nSPS) is 12.0. The van der Waals surface area contributed by atoms with Crippen LogP contribution in [0.3, 0.4) is 0 Å². The third-order valence-corrected chi connectivity index (χ3v) is 3.47. The minimum atomic E-state index is -0.0585. The Hall–Kier alpha value is -2.04. The topological polar surface area (TPSA) is 50.7 Å². The molecule has 2 rings (SSSR count). The second-order valence-electron chi connectivity index (χ2n) is 4.75. The number of nitrogens with one attached hydrogen (secondary N) is 1. The molecular weight excluding hydrogens is 266 g/mol. The zero-order valence-corrected chi connectivity index (χ0v) is 12.6. The highest BCUT2D eigenvalue weighted by Gasteiger charge is 2.17. The molecule has 1 unspecified atom stereocenters. The fourth-order valence-corrected chi connectivity index (χ4v) is 2.21. The Morgan fingerprint density at radius 1 is 1.05 bits per heavy atom. The summed E-state index contributed by atoms with van der Waals surface area (Å²) in [6.07, 6.45) is 0. The van der Waals surface area contributed by atoms with Crippen LogP contribution in [0.1, 0.15) is 24.1 Å². The number of methoxy groups -OCH3 is 1. The molecule has 0 radical (unpaired) electrons. The van der Waals surface area contributed by atoms with E-state index in [0.717, 1.165) is 22.6 Å². The van der Waals surface area contributed by atoms with Crippen LogP contribution in [-0.4, -0.2) is 19.3 Å². The van der Waals surface area contributed by atoms with Gasteiger partial charge in [-0.2, -0.15) is 0 Å². The van der Waals surface area contributed by atoms with Crippen molar-refractivity contribution in [1.29, 1.82) is 0 Å². The Morgan fingerprint density at radius 2 is 1.71 bits per heavy atom. The second-order valence-corrected chi connectivity index (χ2v) is 4.75. The lowest BCUT2D eigenvalue weighted by Crippen LogP contribution is -2.14. The molecule has 0 saturated heterocycles. The van der Waals surface area contributed by atoms with Crippen molar-refractivity contribution in [3.05, 3.63) is 53.6 Å². The monoisotopic (exact) mass is 287 g/mol. The fourth-order valence-electron chi connectivity index (χ4n) is 2.21. The molecule has 2 aromatic rings. The maximum atomic E-state index is 9.40. The first-order chi connectivity index (χ1) is 10.2. The predicted molar refractivity (Wildman–Crippen MR) is 82.9 cm³/mol. The fraction of sp³-hybridized carbons (Fsp3) is 0.294. The highest BCUT2D eigenvalue weighted by atomic mass is 16.5. The first kappa shape index (κ1) is 15.4. The SMILES string of the molecule is CNC(C)c1c(OC)cccc1Oc1ccccc1CO. The van der Waals surface area contributed by atoms with Crippen LogP contribution in [0.25, 0.3) is 0 Å². The molecule has 1 atom stereocenters. The maximum Gasteiger partial charge on any atom is 0.135 e. The summed E-state index contributed by atoms with van der Waals surface area (Å²) in [5.41, 5.74) is 1.71. The van der Waals surface area contributed by atoms with E-state index in [9.17, 15) is 5.11 Å².